The Hall–Kier alpha value is -3.78. The number of hydrogen-bond donors (Lipinski definition) is 1. The molecule has 0 radical (unpaired) electrons. The Bertz CT molecular complexity index is 1120. The fourth-order valence-corrected chi connectivity index (χ4v) is 3.15. The molecule has 32 heavy (non-hydrogen) atoms. The molecule has 9 heteroatoms. The van der Waals surface area contributed by atoms with Crippen LogP contribution in [-0.4, -0.2) is 28.6 Å². The molecule has 0 spiro atoms. The minimum absolute atomic E-state index is 0.0649. The summed E-state index contributed by atoms with van der Waals surface area (Å²) in [6.45, 7) is 0. The Morgan fingerprint density at radius 3 is 2.31 bits per heavy atom. The number of ether oxygens (including phenoxy) is 1. The first-order chi connectivity index (χ1) is 15.4. The zero-order valence-corrected chi connectivity index (χ0v) is 17.4. The van der Waals surface area contributed by atoms with Gasteiger partial charge in [-0.3, -0.25) is 19.7 Å². The zero-order chi connectivity index (χ0) is 23.1. The number of rotatable bonds is 9. The number of anilines is 1. The maximum Gasteiger partial charge on any atom is 0.282 e. The van der Waals surface area contributed by atoms with E-state index in [9.17, 15) is 24.1 Å². The molecule has 0 saturated heterocycles. The molecule has 3 rings (SSSR count). The predicted molar refractivity (Wildman–Crippen MR) is 118 cm³/mol. The predicted octanol–water partition coefficient (Wildman–Crippen LogP) is 5.25. The third kappa shape index (κ3) is 5.67. The van der Waals surface area contributed by atoms with E-state index in [0.717, 1.165) is 0 Å². The van der Waals surface area contributed by atoms with Crippen molar-refractivity contribution in [2.45, 2.75) is 12.5 Å². The lowest BCUT2D eigenvalue weighted by atomic mass is 10.0. The molecule has 0 aliphatic carbocycles. The summed E-state index contributed by atoms with van der Waals surface area (Å²) < 4.78 is 18.9. The zero-order valence-electron chi connectivity index (χ0n) is 16.7. The smallest absolute Gasteiger partial charge is 0.282 e. The van der Waals surface area contributed by atoms with Gasteiger partial charge in [-0.2, -0.15) is 0 Å². The number of ketones is 1. The first-order valence-electron chi connectivity index (χ1n) is 9.56. The number of nitro benzene ring substituents is 1. The van der Waals surface area contributed by atoms with Gasteiger partial charge < -0.3 is 10.1 Å². The van der Waals surface area contributed by atoms with E-state index in [1.165, 1.54) is 48.5 Å². The van der Waals surface area contributed by atoms with E-state index in [2.05, 4.69) is 5.32 Å². The van der Waals surface area contributed by atoms with Crippen LogP contribution in [0.25, 0.3) is 0 Å². The maximum absolute atomic E-state index is 13.1. The van der Waals surface area contributed by atoms with Crippen LogP contribution in [0, 0.1) is 15.9 Å². The summed E-state index contributed by atoms with van der Waals surface area (Å²) >= 11 is 5.81. The molecule has 1 atom stereocenters. The van der Waals surface area contributed by atoms with Crippen LogP contribution in [0.15, 0.2) is 72.8 Å². The van der Waals surface area contributed by atoms with Crippen LogP contribution in [0.2, 0.25) is 0 Å². The van der Waals surface area contributed by atoms with E-state index < -0.39 is 22.8 Å². The molecule has 164 valence electrons. The largest absolute Gasteiger partial charge is 0.482 e. The van der Waals surface area contributed by atoms with Crippen LogP contribution in [-0.2, 0) is 0 Å². The lowest BCUT2D eigenvalue weighted by molar-refractivity contribution is -0.385. The highest BCUT2D eigenvalue weighted by atomic mass is 35.5. The summed E-state index contributed by atoms with van der Waals surface area (Å²) in [5, 5.41) is 13.7. The number of alkyl halides is 1. The number of carbonyl (C=O) groups excluding carboxylic acids is 2. The molecule has 3 aromatic rings. The van der Waals surface area contributed by atoms with Crippen molar-refractivity contribution in [1.82, 2.24) is 0 Å². The molecule has 3 aromatic carbocycles. The number of nitrogens with zero attached hydrogens (tertiary/aromatic N) is 1. The molecule has 0 heterocycles. The quantitative estimate of drug-likeness (QED) is 0.205. The second-order valence-electron chi connectivity index (χ2n) is 6.71. The Morgan fingerprint density at radius 1 is 1.03 bits per heavy atom. The Morgan fingerprint density at radius 2 is 1.69 bits per heavy atom. The van der Waals surface area contributed by atoms with Gasteiger partial charge in [0.1, 0.15) is 17.1 Å². The van der Waals surface area contributed by atoms with Gasteiger partial charge in [-0.05, 0) is 54.6 Å². The van der Waals surface area contributed by atoms with Crippen molar-refractivity contribution in [3.8, 4) is 5.75 Å². The third-order valence-corrected chi connectivity index (χ3v) is 4.75. The number of hydrogen-bond acceptors (Lipinski definition) is 5. The first-order valence-corrected chi connectivity index (χ1v) is 10.1. The van der Waals surface area contributed by atoms with Gasteiger partial charge in [0, 0.05) is 29.6 Å². The molecule has 0 aromatic heterocycles. The SMILES string of the molecule is O=C(Nc1ccc(OC(CCCl)C(=O)c2ccc(F)cc2)cc1)c1ccccc1[N+](=O)[O-]. The highest BCUT2D eigenvalue weighted by Crippen LogP contribution is 2.22. The standard InChI is InChI=1S/C23H18ClFN2O5/c24-14-13-21(22(28)15-5-7-16(25)8-6-15)32-18-11-9-17(10-12-18)26-23(29)19-3-1-2-4-20(19)27(30)31/h1-12,21H,13-14H2,(H,26,29). The summed E-state index contributed by atoms with van der Waals surface area (Å²) in [4.78, 5) is 35.6. The van der Waals surface area contributed by atoms with Crippen LogP contribution in [0.3, 0.4) is 0 Å². The number of benzene rings is 3. The first kappa shape index (κ1) is 22.9. The number of amides is 1. The Balaban J connectivity index is 1.70. The molecule has 0 aliphatic heterocycles. The maximum atomic E-state index is 13.1. The van der Waals surface area contributed by atoms with Gasteiger partial charge >= 0.3 is 0 Å². The summed E-state index contributed by atoms with van der Waals surface area (Å²) in [6.07, 6.45) is -0.626. The summed E-state index contributed by atoms with van der Waals surface area (Å²) in [6, 6.07) is 17.0. The third-order valence-electron chi connectivity index (χ3n) is 4.53. The molecular formula is C23H18ClFN2O5. The van der Waals surface area contributed by atoms with Gasteiger partial charge in [0.05, 0.1) is 4.92 Å². The van der Waals surface area contributed by atoms with Crippen molar-refractivity contribution in [2.75, 3.05) is 11.2 Å². The number of nitrogens with one attached hydrogen (secondary N) is 1. The molecule has 0 aliphatic rings. The van der Waals surface area contributed by atoms with E-state index in [-0.39, 0.29) is 29.3 Å². The van der Waals surface area contributed by atoms with E-state index >= 15 is 0 Å². The molecule has 1 unspecified atom stereocenters. The second kappa shape index (κ2) is 10.5. The van der Waals surface area contributed by atoms with E-state index in [1.54, 1.807) is 24.3 Å². The summed E-state index contributed by atoms with van der Waals surface area (Å²) in [7, 11) is 0. The van der Waals surface area contributed by atoms with Gasteiger partial charge in [0.2, 0.25) is 5.78 Å². The van der Waals surface area contributed by atoms with Crippen LogP contribution in [0.5, 0.6) is 5.75 Å². The normalized spacial score (nSPS) is 11.4. The van der Waals surface area contributed by atoms with Crippen LogP contribution >= 0.6 is 11.6 Å². The van der Waals surface area contributed by atoms with Gasteiger partial charge in [-0.1, -0.05) is 12.1 Å². The second-order valence-corrected chi connectivity index (χ2v) is 7.09. The van der Waals surface area contributed by atoms with E-state index in [0.29, 0.717) is 17.0 Å². The van der Waals surface area contributed by atoms with Gasteiger partial charge in [0.15, 0.2) is 6.10 Å². The molecule has 0 fully saturated rings. The summed E-state index contributed by atoms with van der Waals surface area (Å²) in [5.41, 5.74) is 0.326. The Labute approximate surface area is 187 Å². The lowest BCUT2D eigenvalue weighted by Gasteiger charge is -2.17. The van der Waals surface area contributed by atoms with Crippen LogP contribution < -0.4 is 10.1 Å². The van der Waals surface area contributed by atoms with Gasteiger partial charge in [-0.15, -0.1) is 11.6 Å². The fourth-order valence-electron chi connectivity index (χ4n) is 2.95. The number of Topliss-reactive ketones (excluding diaryl/α,β-unsaturated/α-hetero) is 1. The number of para-hydroxylation sites is 1. The van der Waals surface area contributed by atoms with Crippen LogP contribution in [0.4, 0.5) is 15.8 Å². The molecule has 1 N–H and O–H groups in total. The topological polar surface area (TPSA) is 98.5 Å². The number of nitro groups is 1. The average molecular weight is 457 g/mol. The highest BCUT2D eigenvalue weighted by Gasteiger charge is 2.22. The van der Waals surface area contributed by atoms with E-state index in [4.69, 9.17) is 16.3 Å². The van der Waals surface area contributed by atoms with Crippen molar-refractivity contribution in [2.24, 2.45) is 0 Å². The molecule has 7 nitrogen and oxygen atoms in total. The molecule has 1 amide bonds. The number of halogens is 2. The van der Waals surface area contributed by atoms with Crippen LogP contribution in [0.1, 0.15) is 27.1 Å². The van der Waals surface area contributed by atoms with Crippen molar-refractivity contribution >= 4 is 34.7 Å². The van der Waals surface area contributed by atoms with Crippen molar-refractivity contribution in [1.29, 1.82) is 0 Å². The minimum atomic E-state index is -0.870. The number of carbonyl (C=O) groups is 2. The lowest BCUT2D eigenvalue weighted by Crippen LogP contribution is -2.28. The average Bonchev–Trinajstić information content (AvgIpc) is 2.80. The van der Waals surface area contributed by atoms with Gasteiger partial charge in [-0.25, -0.2) is 4.39 Å². The minimum Gasteiger partial charge on any atom is -0.482 e. The van der Waals surface area contributed by atoms with Crippen molar-refractivity contribution < 1.29 is 23.6 Å². The van der Waals surface area contributed by atoms with Crippen molar-refractivity contribution in [3.05, 3.63) is 99.9 Å². The Kier molecular flexibility index (Phi) is 7.51. The van der Waals surface area contributed by atoms with Gasteiger partial charge in [0.25, 0.3) is 11.6 Å². The summed E-state index contributed by atoms with van der Waals surface area (Å²) in [5.74, 6) is -0.868. The van der Waals surface area contributed by atoms with Crippen molar-refractivity contribution in [3.63, 3.8) is 0 Å². The monoisotopic (exact) mass is 456 g/mol. The highest BCUT2D eigenvalue weighted by molar-refractivity contribution is 6.18. The molecule has 0 saturated carbocycles. The molecule has 0 bridgehead atoms. The fraction of sp³-hybridized carbons (Fsp3) is 0.130. The van der Waals surface area contributed by atoms with E-state index in [1.807, 2.05) is 0 Å². The molecular weight excluding hydrogens is 439 g/mol.